The molecule has 2 unspecified atom stereocenters. The number of aryl methyl sites for hydroxylation is 1. The van der Waals surface area contributed by atoms with Crippen LogP contribution in [0.5, 0.6) is 5.75 Å². The molecular formula is C35H45O3P. The molecule has 0 N–H and O–H groups in total. The van der Waals surface area contributed by atoms with Crippen LogP contribution in [0.2, 0.25) is 0 Å². The molecule has 0 radical (unpaired) electrons. The topological polar surface area (TPSA) is 35.5 Å². The first-order valence-electron chi connectivity index (χ1n) is 15.3. The van der Waals surface area contributed by atoms with E-state index >= 15 is 4.57 Å². The SMILES string of the molecule is CC1=CC2=C(OP(=O)(c3ccccc3)Oc3c(cc(C)cc3C3(C)CCCCC3)C2)C(C2(C)CCCCC2)C1. The molecule has 2 aromatic carbocycles. The molecule has 2 atom stereocenters. The summed E-state index contributed by atoms with van der Waals surface area (Å²) >= 11 is 0. The normalized spacial score (nSPS) is 28.1. The minimum Gasteiger partial charge on any atom is -0.417 e. The van der Waals surface area contributed by atoms with E-state index in [1.807, 2.05) is 30.3 Å². The second-order valence-corrected chi connectivity index (χ2v) is 15.3. The van der Waals surface area contributed by atoms with Gasteiger partial charge in [-0.3, -0.25) is 0 Å². The van der Waals surface area contributed by atoms with Gasteiger partial charge in [-0.1, -0.05) is 99.9 Å². The number of benzene rings is 2. The Morgan fingerprint density at radius 1 is 0.846 bits per heavy atom. The van der Waals surface area contributed by atoms with Gasteiger partial charge in [-0.15, -0.1) is 0 Å². The zero-order valence-corrected chi connectivity index (χ0v) is 25.2. The summed E-state index contributed by atoms with van der Waals surface area (Å²) in [4.78, 5) is 0. The fourth-order valence-electron chi connectivity index (χ4n) is 7.92. The van der Waals surface area contributed by atoms with Gasteiger partial charge in [0.25, 0.3) is 0 Å². The van der Waals surface area contributed by atoms with Gasteiger partial charge in [-0.2, -0.15) is 0 Å². The van der Waals surface area contributed by atoms with Crippen molar-refractivity contribution >= 4 is 12.9 Å². The molecule has 4 heteroatoms. The molecular weight excluding hydrogens is 499 g/mol. The average molecular weight is 545 g/mol. The molecule has 3 aliphatic carbocycles. The van der Waals surface area contributed by atoms with E-state index in [0.717, 1.165) is 42.8 Å². The van der Waals surface area contributed by atoms with Crippen molar-refractivity contribution in [3.8, 4) is 5.75 Å². The quantitative estimate of drug-likeness (QED) is 0.361. The highest BCUT2D eigenvalue weighted by Gasteiger charge is 2.46. The summed E-state index contributed by atoms with van der Waals surface area (Å²) in [5.41, 5.74) is 6.38. The van der Waals surface area contributed by atoms with Gasteiger partial charge in [0, 0.05) is 17.9 Å². The molecule has 2 fully saturated rings. The first-order chi connectivity index (χ1) is 18.7. The van der Waals surface area contributed by atoms with Crippen molar-refractivity contribution < 1.29 is 13.6 Å². The third kappa shape index (κ3) is 5.06. The Morgan fingerprint density at radius 2 is 1.51 bits per heavy atom. The van der Waals surface area contributed by atoms with Gasteiger partial charge in [0.05, 0.1) is 5.30 Å². The summed E-state index contributed by atoms with van der Waals surface area (Å²) in [6.07, 6.45) is 16.3. The van der Waals surface area contributed by atoms with Crippen LogP contribution in [0.1, 0.15) is 108 Å². The lowest BCUT2D eigenvalue weighted by atomic mass is 9.63. The van der Waals surface area contributed by atoms with Crippen molar-refractivity contribution in [3.63, 3.8) is 0 Å². The van der Waals surface area contributed by atoms with Gasteiger partial charge in [-0.25, -0.2) is 4.57 Å². The third-order valence-corrected chi connectivity index (χ3v) is 12.0. The lowest BCUT2D eigenvalue weighted by molar-refractivity contribution is 0.107. The highest BCUT2D eigenvalue weighted by molar-refractivity contribution is 7.62. The van der Waals surface area contributed by atoms with E-state index in [1.54, 1.807) is 0 Å². The van der Waals surface area contributed by atoms with Crippen LogP contribution in [-0.4, -0.2) is 0 Å². The van der Waals surface area contributed by atoms with Crippen LogP contribution in [0, 0.1) is 18.3 Å². The second kappa shape index (κ2) is 10.3. The fraction of sp³-hybridized carbons (Fsp3) is 0.543. The molecule has 0 amide bonds. The van der Waals surface area contributed by atoms with Crippen molar-refractivity contribution in [2.45, 2.75) is 110 Å². The lowest BCUT2D eigenvalue weighted by Gasteiger charge is -2.45. The zero-order valence-electron chi connectivity index (χ0n) is 24.4. The average Bonchev–Trinajstić information content (AvgIpc) is 2.92. The van der Waals surface area contributed by atoms with Gasteiger partial charge in [0.15, 0.2) is 0 Å². The second-order valence-electron chi connectivity index (χ2n) is 13.5. The van der Waals surface area contributed by atoms with Crippen molar-refractivity contribution in [2.24, 2.45) is 11.3 Å². The predicted molar refractivity (Wildman–Crippen MR) is 161 cm³/mol. The minimum atomic E-state index is -3.71. The Kier molecular flexibility index (Phi) is 7.11. The maximum atomic E-state index is 15.2. The highest BCUT2D eigenvalue weighted by Crippen LogP contribution is 2.60. The lowest BCUT2D eigenvalue weighted by Crippen LogP contribution is -2.35. The third-order valence-electron chi connectivity index (χ3n) is 10.2. The van der Waals surface area contributed by atoms with Crippen LogP contribution in [0.25, 0.3) is 0 Å². The predicted octanol–water partition coefficient (Wildman–Crippen LogP) is 9.88. The largest absolute Gasteiger partial charge is 0.462 e. The zero-order chi connectivity index (χ0) is 27.3. The van der Waals surface area contributed by atoms with E-state index in [0.29, 0.717) is 5.30 Å². The van der Waals surface area contributed by atoms with Crippen LogP contribution in [-0.2, 0) is 20.9 Å². The summed E-state index contributed by atoms with van der Waals surface area (Å²) in [6.45, 7) is 9.29. The number of hydrogen-bond donors (Lipinski definition) is 0. The smallest absolute Gasteiger partial charge is 0.417 e. The summed E-state index contributed by atoms with van der Waals surface area (Å²) in [7, 11) is -3.71. The number of hydrogen-bond acceptors (Lipinski definition) is 3. The molecule has 3 nitrogen and oxygen atoms in total. The van der Waals surface area contributed by atoms with Gasteiger partial charge >= 0.3 is 7.60 Å². The molecule has 208 valence electrons. The molecule has 0 bridgehead atoms. The minimum absolute atomic E-state index is 0.0166. The summed E-state index contributed by atoms with van der Waals surface area (Å²) in [5.74, 6) is 1.95. The van der Waals surface area contributed by atoms with E-state index in [2.05, 4.69) is 45.9 Å². The van der Waals surface area contributed by atoms with Crippen LogP contribution < -0.4 is 9.83 Å². The van der Waals surface area contributed by atoms with E-state index in [4.69, 9.17) is 9.05 Å². The van der Waals surface area contributed by atoms with Crippen LogP contribution in [0.4, 0.5) is 0 Å². The van der Waals surface area contributed by atoms with E-state index in [1.165, 1.54) is 73.6 Å². The molecule has 1 heterocycles. The maximum Gasteiger partial charge on any atom is 0.462 e. The van der Waals surface area contributed by atoms with Crippen molar-refractivity contribution in [1.82, 2.24) is 0 Å². The Labute approximate surface area is 235 Å². The molecule has 6 rings (SSSR count). The Morgan fingerprint density at radius 3 is 2.21 bits per heavy atom. The number of rotatable bonds is 3. The highest BCUT2D eigenvalue weighted by atomic mass is 31.2. The summed E-state index contributed by atoms with van der Waals surface area (Å²) in [6, 6.07) is 14.3. The van der Waals surface area contributed by atoms with E-state index in [-0.39, 0.29) is 16.7 Å². The molecule has 0 aromatic heterocycles. The van der Waals surface area contributed by atoms with Crippen molar-refractivity contribution in [3.05, 3.63) is 82.1 Å². The number of fused-ring (bicyclic) bond motifs is 1. The van der Waals surface area contributed by atoms with E-state index < -0.39 is 7.60 Å². The number of allylic oxidation sites excluding steroid dienone is 4. The van der Waals surface area contributed by atoms with Crippen LogP contribution in [0.3, 0.4) is 0 Å². The van der Waals surface area contributed by atoms with Crippen LogP contribution >= 0.6 is 7.60 Å². The molecule has 0 saturated heterocycles. The molecule has 2 aromatic rings. The Bertz CT molecular complexity index is 1340. The standard InChI is InChI=1S/C35H45O3P/c1-25-20-27-24-28-21-26(2)23-31(35(4)18-12-7-13-19-35)33(28)38-39(36,29-14-8-5-9-15-29)37-32(27)30(22-25)34(3)16-10-6-11-17-34/h5,8-9,14-15,20-22,31H,6-7,10-13,16-19,23-24H2,1-4H3. The Hall–Kier alpha value is -2.25. The van der Waals surface area contributed by atoms with Crippen molar-refractivity contribution in [2.75, 3.05) is 0 Å². The molecule has 1 aliphatic heterocycles. The van der Waals surface area contributed by atoms with Crippen LogP contribution in [0.15, 0.2) is 65.4 Å². The van der Waals surface area contributed by atoms with E-state index in [9.17, 15) is 0 Å². The molecule has 4 aliphatic rings. The molecule has 2 saturated carbocycles. The Balaban J connectivity index is 1.56. The molecule has 0 spiro atoms. The summed E-state index contributed by atoms with van der Waals surface area (Å²) in [5, 5.41) is 0.642. The monoisotopic (exact) mass is 544 g/mol. The van der Waals surface area contributed by atoms with Gasteiger partial charge in [-0.05, 0) is 80.1 Å². The van der Waals surface area contributed by atoms with Gasteiger partial charge in [0.1, 0.15) is 11.5 Å². The first kappa shape index (κ1) is 26.9. The maximum absolute atomic E-state index is 15.2. The molecule has 39 heavy (non-hydrogen) atoms. The fourth-order valence-corrected chi connectivity index (χ4v) is 9.67. The van der Waals surface area contributed by atoms with Crippen molar-refractivity contribution in [1.29, 1.82) is 0 Å². The van der Waals surface area contributed by atoms with Gasteiger partial charge < -0.3 is 9.05 Å². The summed E-state index contributed by atoms with van der Waals surface area (Å²) < 4.78 is 28.9. The van der Waals surface area contributed by atoms with Gasteiger partial charge in [0.2, 0.25) is 0 Å². The first-order valence-corrected chi connectivity index (χ1v) is 16.8.